The lowest BCUT2D eigenvalue weighted by molar-refractivity contribution is 0.254. The van der Waals surface area contributed by atoms with E-state index in [0.29, 0.717) is 19.1 Å². The van der Waals surface area contributed by atoms with Crippen LogP contribution in [-0.4, -0.2) is 36.7 Å². The number of nitrogens with two attached hydrogens (primary N) is 1. The Morgan fingerprint density at radius 3 is 2.87 bits per heavy atom. The molecular weight excluding hydrogens is 290 g/mol. The fourth-order valence-electron chi connectivity index (χ4n) is 3.28. The molecule has 0 bridgehead atoms. The second kappa shape index (κ2) is 7.11. The zero-order chi connectivity index (χ0) is 16.2. The molecule has 2 aliphatic rings. The maximum Gasteiger partial charge on any atom is 0.191 e. The van der Waals surface area contributed by atoms with E-state index in [-0.39, 0.29) is 6.10 Å². The maximum atomic E-state index is 6.16. The van der Waals surface area contributed by atoms with Crippen molar-refractivity contribution < 1.29 is 9.47 Å². The molecule has 1 fully saturated rings. The van der Waals surface area contributed by atoms with E-state index >= 15 is 0 Å². The van der Waals surface area contributed by atoms with E-state index < -0.39 is 0 Å². The van der Waals surface area contributed by atoms with Gasteiger partial charge in [0.2, 0.25) is 0 Å². The Balaban J connectivity index is 1.77. The summed E-state index contributed by atoms with van der Waals surface area (Å²) in [6.45, 7) is 7.29. The topological polar surface area (TPSA) is 60.1 Å². The number of aliphatic imine (C=N–C) groups is 1. The van der Waals surface area contributed by atoms with Crippen LogP contribution in [0.2, 0.25) is 0 Å². The van der Waals surface area contributed by atoms with E-state index in [0.717, 1.165) is 36.6 Å². The van der Waals surface area contributed by atoms with Gasteiger partial charge in [0.15, 0.2) is 5.96 Å². The van der Waals surface area contributed by atoms with Gasteiger partial charge in [0.05, 0.1) is 13.2 Å². The maximum absolute atomic E-state index is 6.16. The van der Waals surface area contributed by atoms with Crippen LogP contribution in [0.4, 0.5) is 0 Å². The van der Waals surface area contributed by atoms with Crippen molar-refractivity contribution in [3.8, 4) is 11.5 Å². The third-order valence-corrected chi connectivity index (χ3v) is 4.47. The van der Waals surface area contributed by atoms with Gasteiger partial charge in [-0.3, -0.25) is 0 Å². The molecule has 2 heterocycles. The largest absolute Gasteiger partial charge is 0.494 e. The third kappa shape index (κ3) is 3.71. The van der Waals surface area contributed by atoms with Crippen molar-refractivity contribution in [2.75, 3.05) is 19.7 Å². The van der Waals surface area contributed by atoms with Crippen LogP contribution in [0.3, 0.4) is 0 Å². The van der Waals surface area contributed by atoms with Crippen LogP contribution in [0.25, 0.3) is 0 Å². The van der Waals surface area contributed by atoms with Crippen molar-refractivity contribution in [2.24, 2.45) is 10.7 Å². The van der Waals surface area contributed by atoms with Crippen LogP contribution in [-0.2, 0) is 13.0 Å². The van der Waals surface area contributed by atoms with Crippen molar-refractivity contribution in [3.05, 3.63) is 23.3 Å². The number of likely N-dealkylation sites (tertiary alicyclic amines) is 1. The lowest BCUT2D eigenvalue weighted by Crippen LogP contribution is -2.40. The molecule has 0 aromatic heterocycles. The number of piperidine rings is 1. The molecule has 1 saturated heterocycles. The van der Waals surface area contributed by atoms with Crippen LogP contribution >= 0.6 is 0 Å². The zero-order valence-corrected chi connectivity index (χ0v) is 14.2. The molecule has 3 rings (SSSR count). The summed E-state index contributed by atoms with van der Waals surface area (Å²) in [5.41, 5.74) is 8.42. The molecule has 0 radical (unpaired) electrons. The monoisotopic (exact) mass is 317 g/mol. The second-order valence-corrected chi connectivity index (χ2v) is 6.36. The Labute approximate surface area is 138 Å². The summed E-state index contributed by atoms with van der Waals surface area (Å²) < 4.78 is 11.7. The molecule has 2 N–H and O–H groups in total. The standard InChI is InChI=1S/C18H27N3O2/c1-3-22-16-10-14-9-13(2)23-17(14)11-15(16)12-20-18(19)21-7-5-4-6-8-21/h10-11,13H,3-9,12H2,1-2H3,(H2,19,20). The number of hydrogen-bond donors (Lipinski definition) is 1. The average molecular weight is 317 g/mol. The summed E-state index contributed by atoms with van der Waals surface area (Å²) in [6.07, 6.45) is 4.86. The molecule has 1 aromatic rings. The summed E-state index contributed by atoms with van der Waals surface area (Å²) in [4.78, 5) is 6.77. The Morgan fingerprint density at radius 1 is 1.35 bits per heavy atom. The van der Waals surface area contributed by atoms with Gasteiger partial charge in [0, 0.05) is 30.6 Å². The molecule has 0 amide bonds. The van der Waals surface area contributed by atoms with Gasteiger partial charge in [-0.05, 0) is 45.2 Å². The minimum Gasteiger partial charge on any atom is -0.494 e. The number of ether oxygens (including phenoxy) is 2. The first-order valence-corrected chi connectivity index (χ1v) is 8.67. The average Bonchev–Trinajstić information content (AvgIpc) is 2.92. The second-order valence-electron chi connectivity index (χ2n) is 6.36. The quantitative estimate of drug-likeness (QED) is 0.685. The molecule has 23 heavy (non-hydrogen) atoms. The molecule has 0 aliphatic carbocycles. The SMILES string of the molecule is CCOc1cc2c(cc1CN=C(N)N1CCCCC1)OC(C)C2. The number of rotatable bonds is 4. The molecule has 0 saturated carbocycles. The summed E-state index contributed by atoms with van der Waals surface area (Å²) in [5.74, 6) is 2.50. The van der Waals surface area contributed by atoms with Gasteiger partial charge in [-0.25, -0.2) is 4.99 Å². The van der Waals surface area contributed by atoms with Crippen LogP contribution < -0.4 is 15.2 Å². The molecule has 5 heteroatoms. The van der Waals surface area contributed by atoms with E-state index in [1.54, 1.807) is 0 Å². The van der Waals surface area contributed by atoms with E-state index in [9.17, 15) is 0 Å². The van der Waals surface area contributed by atoms with Crippen molar-refractivity contribution in [2.45, 2.75) is 52.2 Å². The minimum absolute atomic E-state index is 0.233. The van der Waals surface area contributed by atoms with Crippen LogP contribution in [0.1, 0.15) is 44.2 Å². The van der Waals surface area contributed by atoms with Crippen LogP contribution in [0.15, 0.2) is 17.1 Å². The number of nitrogens with zero attached hydrogens (tertiary/aromatic N) is 2. The fraction of sp³-hybridized carbons (Fsp3) is 0.611. The van der Waals surface area contributed by atoms with Crippen LogP contribution in [0.5, 0.6) is 11.5 Å². The highest BCUT2D eigenvalue weighted by atomic mass is 16.5. The highest BCUT2D eigenvalue weighted by Gasteiger charge is 2.22. The van der Waals surface area contributed by atoms with E-state index in [1.165, 1.54) is 24.8 Å². The Hall–Kier alpha value is -1.91. The van der Waals surface area contributed by atoms with E-state index in [4.69, 9.17) is 15.2 Å². The minimum atomic E-state index is 0.233. The van der Waals surface area contributed by atoms with Gasteiger partial charge in [-0.1, -0.05) is 0 Å². The normalized spacial score (nSPS) is 21.0. The van der Waals surface area contributed by atoms with Crippen LogP contribution in [0, 0.1) is 0 Å². The summed E-state index contributed by atoms with van der Waals surface area (Å²) in [6, 6.07) is 4.17. The fourth-order valence-corrected chi connectivity index (χ4v) is 3.28. The van der Waals surface area contributed by atoms with Crippen molar-refractivity contribution in [1.29, 1.82) is 0 Å². The third-order valence-electron chi connectivity index (χ3n) is 4.47. The van der Waals surface area contributed by atoms with Gasteiger partial charge in [0.1, 0.15) is 17.6 Å². The molecule has 5 nitrogen and oxygen atoms in total. The van der Waals surface area contributed by atoms with Crippen molar-refractivity contribution in [1.82, 2.24) is 4.90 Å². The number of benzene rings is 1. The lowest BCUT2D eigenvalue weighted by Gasteiger charge is -2.27. The summed E-state index contributed by atoms with van der Waals surface area (Å²) in [5, 5.41) is 0. The number of guanidine groups is 1. The first-order valence-electron chi connectivity index (χ1n) is 8.67. The van der Waals surface area contributed by atoms with Gasteiger partial charge in [-0.15, -0.1) is 0 Å². The van der Waals surface area contributed by atoms with E-state index in [2.05, 4.69) is 28.9 Å². The molecule has 126 valence electrons. The Kier molecular flexibility index (Phi) is 4.94. The summed E-state index contributed by atoms with van der Waals surface area (Å²) in [7, 11) is 0. The number of hydrogen-bond acceptors (Lipinski definition) is 3. The molecule has 1 unspecified atom stereocenters. The molecular formula is C18H27N3O2. The molecule has 2 aliphatic heterocycles. The van der Waals surface area contributed by atoms with Gasteiger partial charge in [0.25, 0.3) is 0 Å². The number of fused-ring (bicyclic) bond motifs is 1. The Morgan fingerprint density at radius 2 is 2.13 bits per heavy atom. The first-order chi connectivity index (χ1) is 11.2. The lowest BCUT2D eigenvalue weighted by atomic mass is 10.1. The zero-order valence-electron chi connectivity index (χ0n) is 14.2. The predicted molar refractivity (Wildman–Crippen MR) is 92.2 cm³/mol. The Bertz CT molecular complexity index is 580. The van der Waals surface area contributed by atoms with Gasteiger partial charge < -0.3 is 20.1 Å². The van der Waals surface area contributed by atoms with Gasteiger partial charge in [-0.2, -0.15) is 0 Å². The molecule has 0 spiro atoms. The molecule has 1 atom stereocenters. The summed E-state index contributed by atoms with van der Waals surface area (Å²) >= 11 is 0. The van der Waals surface area contributed by atoms with Gasteiger partial charge >= 0.3 is 0 Å². The smallest absolute Gasteiger partial charge is 0.191 e. The highest BCUT2D eigenvalue weighted by molar-refractivity contribution is 5.78. The van der Waals surface area contributed by atoms with E-state index in [1.807, 2.05) is 6.92 Å². The highest BCUT2D eigenvalue weighted by Crippen LogP contribution is 2.35. The van der Waals surface area contributed by atoms with Crippen molar-refractivity contribution in [3.63, 3.8) is 0 Å². The predicted octanol–water partition coefficient (Wildman–Crippen LogP) is 2.71. The first kappa shape index (κ1) is 16.0. The molecule has 1 aromatic carbocycles. The van der Waals surface area contributed by atoms with Crippen molar-refractivity contribution >= 4 is 5.96 Å².